The first-order chi connectivity index (χ1) is 9.29. The highest BCUT2D eigenvalue weighted by Gasteiger charge is 2.20. The Hall–Kier alpha value is -2.10. The molecule has 0 amide bonds. The molecule has 0 spiro atoms. The number of ether oxygens (including phenoxy) is 1. The minimum Gasteiger partial charge on any atom is -0.497 e. The molecule has 2 aromatic rings. The molecule has 98 valence electrons. The second-order valence-corrected chi connectivity index (χ2v) is 4.75. The first-order valence-electron chi connectivity index (χ1n) is 6.54. The Balaban J connectivity index is 2.08. The lowest BCUT2D eigenvalue weighted by atomic mass is 10.1. The van der Waals surface area contributed by atoms with Crippen LogP contribution >= 0.6 is 0 Å². The lowest BCUT2D eigenvalue weighted by Gasteiger charge is -2.08. The Morgan fingerprint density at radius 2 is 2.11 bits per heavy atom. The molecule has 0 radical (unpaired) electrons. The number of methoxy groups -OCH3 is 1. The second kappa shape index (κ2) is 4.88. The van der Waals surface area contributed by atoms with Gasteiger partial charge in [0.1, 0.15) is 5.75 Å². The van der Waals surface area contributed by atoms with E-state index in [1.165, 1.54) is 0 Å². The van der Waals surface area contributed by atoms with Gasteiger partial charge >= 0.3 is 0 Å². The molecule has 0 saturated heterocycles. The van der Waals surface area contributed by atoms with E-state index in [9.17, 15) is 4.79 Å². The summed E-state index contributed by atoms with van der Waals surface area (Å²) >= 11 is 0. The molecular formula is C15H16N2O2. The molecule has 4 heteroatoms. The van der Waals surface area contributed by atoms with Gasteiger partial charge in [-0.1, -0.05) is 6.07 Å². The molecular weight excluding hydrogens is 240 g/mol. The molecule has 19 heavy (non-hydrogen) atoms. The SMILES string of the molecule is COc1cccc(-n2ncc3c2CCCCC3=O)c1. The first kappa shape index (κ1) is 12.0. The van der Waals surface area contributed by atoms with Crippen molar-refractivity contribution in [2.75, 3.05) is 7.11 Å². The molecule has 0 atom stereocenters. The molecule has 0 bridgehead atoms. The number of carbonyl (C=O) groups is 1. The van der Waals surface area contributed by atoms with Gasteiger partial charge in [-0.05, 0) is 31.4 Å². The Morgan fingerprint density at radius 1 is 1.26 bits per heavy atom. The van der Waals surface area contributed by atoms with Crippen molar-refractivity contribution in [1.29, 1.82) is 0 Å². The number of aromatic nitrogens is 2. The van der Waals surface area contributed by atoms with Gasteiger partial charge in [-0.3, -0.25) is 4.79 Å². The monoisotopic (exact) mass is 256 g/mol. The Kier molecular flexibility index (Phi) is 3.07. The van der Waals surface area contributed by atoms with Crippen LogP contribution in [0.1, 0.15) is 35.3 Å². The van der Waals surface area contributed by atoms with Crippen LogP contribution in [0.2, 0.25) is 0 Å². The fourth-order valence-electron chi connectivity index (χ4n) is 2.52. The van der Waals surface area contributed by atoms with Crippen molar-refractivity contribution < 1.29 is 9.53 Å². The molecule has 0 saturated carbocycles. The quantitative estimate of drug-likeness (QED) is 0.776. The summed E-state index contributed by atoms with van der Waals surface area (Å²) in [6.45, 7) is 0. The summed E-state index contributed by atoms with van der Waals surface area (Å²) in [5.41, 5.74) is 2.74. The van der Waals surface area contributed by atoms with E-state index in [2.05, 4.69) is 5.10 Å². The number of Topliss-reactive ketones (excluding diaryl/α,β-unsaturated/α-hetero) is 1. The normalized spacial score (nSPS) is 14.9. The minimum absolute atomic E-state index is 0.210. The van der Waals surface area contributed by atoms with Crippen LogP contribution in [0.5, 0.6) is 5.75 Å². The number of hydrogen-bond donors (Lipinski definition) is 0. The van der Waals surface area contributed by atoms with Crippen molar-refractivity contribution in [3.8, 4) is 11.4 Å². The van der Waals surface area contributed by atoms with E-state index in [1.54, 1.807) is 13.3 Å². The van der Waals surface area contributed by atoms with Gasteiger partial charge < -0.3 is 4.74 Å². The predicted molar refractivity (Wildman–Crippen MR) is 72.0 cm³/mol. The van der Waals surface area contributed by atoms with Gasteiger partial charge in [0, 0.05) is 12.5 Å². The number of carbonyl (C=O) groups excluding carboxylic acids is 1. The van der Waals surface area contributed by atoms with E-state index in [4.69, 9.17) is 4.74 Å². The highest BCUT2D eigenvalue weighted by atomic mass is 16.5. The molecule has 0 N–H and O–H groups in total. The van der Waals surface area contributed by atoms with Gasteiger partial charge in [0.25, 0.3) is 0 Å². The van der Waals surface area contributed by atoms with Crippen molar-refractivity contribution in [1.82, 2.24) is 9.78 Å². The summed E-state index contributed by atoms with van der Waals surface area (Å²) in [4.78, 5) is 12.0. The minimum atomic E-state index is 0.210. The van der Waals surface area contributed by atoms with Gasteiger partial charge in [0.15, 0.2) is 5.78 Å². The molecule has 0 unspecified atom stereocenters. The molecule has 1 heterocycles. The Labute approximate surface area is 112 Å². The molecule has 1 aliphatic carbocycles. The molecule has 1 aromatic carbocycles. The molecule has 0 fully saturated rings. The van der Waals surface area contributed by atoms with E-state index in [0.29, 0.717) is 6.42 Å². The zero-order valence-electron chi connectivity index (χ0n) is 10.9. The largest absolute Gasteiger partial charge is 0.497 e. The number of nitrogens with zero attached hydrogens (tertiary/aromatic N) is 2. The van der Waals surface area contributed by atoms with Crippen LogP contribution in [-0.4, -0.2) is 22.7 Å². The lowest BCUT2D eigenvalue weighted by Crippen LogP contribution is -2.04. The number of ketones is 1. The standard InChI is InChI=1S/C15H16N2O2/c1-19-12-6-4-5-11(9-12)17-14-7-2-3-8-15(18)13(14)10-16-17/h4-6,9-10H,2-3,7-8H2,1H3. The Bertz CT molecular complexity index is 616. The average Bonchev–Trinajstić information content (AvgIpc) is 2.79. The van der Waals surface area contributed by atoms with E-state index >= 15 is 0 Å². The zero-order chi connectivity index (χ0) is 13.2. The summed E-state index contributed by atoms with van der Waals surface area (Å²) in [5, 5.41) is 4.38. The van der Waals surface area contributed by atoms with Crippen LogP contribution in [0.15, 0.2) is 30.5 Å². The number of hydrogen-bond acceptors (Lipinski definition) is 3. The van der Waals surface area contributed by atoms with Gasteiger partial charge in [-0.2, -0.15) is 5.10 Å². The Morgan fingerprint density at radius 3 is 2.95 bits per heavy atom. The van der Waals surface area contributed by atoms with Crippen LogP contribution in [0, 0.1) is 0 Å². The fraction of sp³-hybridized carbons (Fsp3) is 0.333. The van der Waals surface area contributed by atoms with Crippen LogP contribution < -0.4 is 4.74 Å². The maximum absolute atomic E-state index is 12.0. The third-order valence-electron chi connectivity index (χ3n) is 3.53. The summed E-state index contributed by atoms with van der Waals surface area (Å²) < 4.78 is 7.10. The summed E-state index contributed by atoms with van der Waals surface area (Å²) in [6, 6.07) is 7.74. The fourth-order valence-corrected chi connectivity index (χ4v) is 2.52. The van der Waals surface area contributed by atoms with Crippen molar-refractivity contribution in [3.05, 3.63) is 41.7 Å². The summed E-state index contributed by atoms with van der Waals surface area (Å²) in [7, 11) is 1.65. The van der Waals surface area contributed by atoms with Gasteiger partial charge in [-0.25, -0.2) is 4.68 Å². The lowest BCUT2D eigenvalue weighted by molar-refractivity contribution is 0.0982. The second-order valence-electron chi connectivity index (χ2n) is 4.75. The van der Waals surface area contributed by atoms with Crippen molar-refractivity contribution >= 4 is 5.78 Å². The van der Waals surface area contributed by atoms with E-state index in [-0.39, 0.29) is 5.78 Å². The third kappa shape index (κ3) is 2.14. The van der Waals surface area contributed by atoms with Crippen LogP contribution in [-0.2, 0) is 6.42 Å². The van der Waals surface area contributed by atoms with Crippen LogP contribution in [0.3, 0.4) is 0 Å². The van der Waals surface area contributed by atoms with Crippen LogP contribution in [0.25, 0.3) is 5.69 Å². The van der Waals surface area contributed by atoms with Gasteiger partial charge in [-0.15, -0.1) is 0 Å². The highest BCUT2D eigenvalue weighted by Crippen LogP contribution is 2.24. The topological polar surface area (TPSA) is 44.1 Å². The van der Waals surface area contributed by atoms with Crippen molar-refractivity contribution in [2.45, 2.75) is 25.7 Å². The van der Waals surface area contributed by atoms with Gasteiger partial charge in [0.05, 0.1) is 30.3 Å². The zero-order valence-corrected chi connectivity index (χ0v) is 10.9. The average molecular weight is 256 g/mol. The third-order valence-corrected chi connectivity index (χ3v) is 3.53. The maximum atomic E-state index is 12.0. The molecule has 1 aromatic heterocycles. The summed E-state index contributed by atoms with van der Waals surface area (Å²) in [5.74, 6) is 1.00. The molecule has 1 aliphatic rings. The summed E-state index contributed by atoms with van der Waals surface area (Å²) in [6.07, 6.45) is 5.23. The number of benzene rings is 1. The number of fused-ring (bicyclic) bond motifs is 1. The van der Waals surface area contributed by atoms with Crippen molar-refractivity contribution in [2.24, 2.45) is 0 Å². The van der Waals surface area contributed by atoms with E-state index < -0.39 is 0 Å². The molecule has 0 aliphatic heterocycles. The van der Waals surface area contributed by atoms with Crippen LogP contribution in [0.4, 0.5) is 0 Å². The number of rotatable bonds is 2. The maximum Gasteiger partial charge on any atom is 0.166 e. The van der Waals surface area contributed by atoms with Crippen molar-refractivity contribution in [3.63, 3.8) is 0 Å². The smallest absolute Gasteiger partial charge is 0.166 e. The molecule has 3 rings (SSSR count). The highest BCUT2D eigenvalue weighted by molar-refractivity contribution is 5.97. The predicted octanol–water partition coefficient (Wildman–Crippen LogP) is 2.79. The van der Waals surface area contributed by atoms with E-state index in [0.717, 1.165) is 42.0 Å². The van der Waals surface area contributed by atoms with E-state index in [1.807, 2.05) is 28.9 Å². The molecule has 4 nitrogen and oxygen atoms in total. The first-order valence-corrected chi connectivity index (χ1v) is 6.54. The van der Waals surface area contributed by atoms with Gasteiger partial charge in [0.2, 0.25) is 0 Å².